The average molecular weight is 336 g/mol. The molecule has 1 aromatic heterocycles. The topological polar surface area (TPSA) is 91.1 Å². The van der Waals surface area contributed by atoms with E-state index in [0.29, 0.717) is 11.5 Å². The molecule has 3 fully saturated rings. The molecule has 0 radical (unpaired) electrons. The second-order valence-corrected chi connectivity index (χ2v) is 7.68. The summed E-state index contributed by atoms with van der Waals surface area (Å²) in [6.45, 7) is 2.02. The van der Waals surface area contributed by atoms with Crippen molar-refractivity contribution in [3.63, 3.8) is 0 Å². The van der Waals surface area contributed by atoms with Crippen LogP contribution in [0.25, 0.3) is 0 Å². The van der Waals surface area contributed by atoms with Crippen LogP contribution in [-0.2, 0) is 16.6 Å². The van der Waals surface area contributed by atoms with Gasteiger partial charge in [-0.05, 0) is 31.6 Å². The number of imidazole rings is 1. The average Bonchev–Trinajstić information content (AvgIpc) is 2.84. The lowest BCUT2D eigenvalue weighted by Crippen LogP contribution is -2.73. The van der Waals surface area contributed by atoms with Crippen LogP contribution in [0.1, 0.15) is 38.1 Å². The highest BCUT2D eigenvalue weighted by molar-refractivity contribution is 5.81. The van der Waals surface area contributed by atoms with Gasteiger partial charge in [0.2, 0.25) is 0 Å². The van der Waals surface area contributed by atoms with E-state index in [1.54, 1.807) is 27.7 Å². The Morgan fingerprint density at radius 2 is 2.00 bits per heavy atom. The van der Waals surface area contributed by atoms with Gasteiger partial charge in [-0.2, -0.15) is 0 Å². The fourth-order valence-corrected chi connectivity index (χ4v) is 5.04. The Hall–Kier alpha value is -1.64. The number of carbonyl (C=O) groups excluding carboxylic acids is 1. The molecular weight excluding hydrogens is 312 g/mol. The Bertz CT molecular complexity index is 682. The number of aromatic nitrogens is 2. The fraction of sp³-hybridized carbons (Fsp3) is 0.750. The number of nitrogens with zero attached hydrogens (tertiary/aromatic N) is 4. The summed E-state index contributed by atoms with van der Waals surface area (Å²) in [6, 6.07) is -0.0699. The predicted octanol–water partition coefficient (Wildman–Crippen LogP) is 0.170. The lowest BCUT2D eigenvalue weighted by atomic mass is 9.33. The van der Waals surface area contributed by atoms with E-state index >= 15 is 0 Å². The van der Waals surface area contributed by atoms with E-state index in [0.717, 1.165) is 19.3 Å². The standard InChI is InChI=1S/C16H24N4O4/c1-9(15-5-16(6-15,7-15)13(22)24-4)20-12(21)10-11(17-8-18(10)2)19(3)14(20)23/h8-9,12,14,21,23H,5-7H2,1-4H3. The number of carbonyl (C=O) groups is 1. The normalized spacial score (nSPS) is 38.8. The van der Waals surface area contributed by atoms with Crippen molar-refractivity contribution in [2.24, 2.45) is 17.9 Å². The lowest BCUT2D eigenvalue weighted by Gasteiger charge is -2.72. The number of ether oxygens (including phenoxy) is 1. The number of aliphatic hydroxyl groups excluding tert-OH is 2. The molecule has 3 aliphatic carbocycles. The molecule has 0 saturated heterocycles. The molecule has 8 nitrogen and oxygen atoms in total. The van der Waals surface area contributed by atoms with Crippen LogP contribution < -0.4 is 4.90 Å². The van der Waals surface area contributed by atoms with Gasteiger partial charge < -0.3 is 24.4 Å². The largest absolute Gasteiger partial charge is 0.469 e. The number of fused-ring (bicyclic) bond motifs is 1. The smallest absolute Gasteiger partial charge is 0.311 e. The molecule has 0 amide bonds. The van der Waals surface area contributed by atoms with Crippen molar-refractivity contribution < 1.29 is 19.7 Å². The molecular formula is C16H24N4O4. The maximum atomic E-state index is 11.9. The minimum atomic E-state index is -0.958. The minimum Gasteiger partial charge on any atom is -0.469 e. The molecule has 24 heavy (non-hydrogen) atoms. The Kier molecular flexibility index (Phi) is 3.11. The highest BCUT2D eigenvalue weighted by atomic mass is 16.5. The monoisotopic (exact) mass is 336 g/mol. The lowest BCUT2D eigenvalue weighted by molar-refractivity contribution is -0.269. The van der Waals surface area contributed by atoms with Gasteiger partial charge in [0.15, 0.2) is 18.4 Å². The van der Waals surface area contributed by atoms with Crippen LogP contribution in [0.5, 0.6) is 0 Å². The van der Waals surface area contributed by atoms with Crippen LogP contribution in [-0.4, -0.2) is 57.2 Å². The quantitative estimate of drug-likeness (QED) is 0.760. The predicted molar refractivity (Wildman–Crippen MR) is 84.6 cm³/mol. The maximum Gasteiger partial charge on any atom is 0.311 e. The van der Waals surface area contributed by atoms with Gasteiger partial charge in [-0.3, -0.25) is 4.79 Å². The van der Waals surface area contributed by atoms with Gasteiger partial charge in [0.1, 0.15) is 5.69 Å². The molecule has 0 aromatic carbocycles. The van der Waals surface area contributed by atoms with Crippen molar-refractivity contribution in [2.75, 3.05) is 19.1 Å². The summed E-state index contributed by atoms with van der Waals surface area (Å²) in [7, 11) is 5.02. The molecule has 5 rings (SSSR count). The summed E-state index contributed by atoms with van der Waals surface area (Å²) in [5.74, 6) is 0.451. The molecule has 1 aromatic rings. The van der Waals surface area contributed by atoms with Crippen LogP contribution in [0.2, 0.25) is 0 Å². The molecule has 0 spiro atoms. The van der Waals surface area contributed by atoms with Gasteiger partial charge in [-0.1, -0.05) is 0 Å². The first-order valence-corrected chi connectivity index (χ1v) is 8.22. The molecule has 3 unspecified atom stereocenters. The van der Waals surface area contributed by atoms with Crippen molar-refractivity contribution in [2.45, 2.75) is 44.8 Å². The van der Waals surface area contributed by atoms with E-state index in [1.807, 2.05) is 14.0 Å². The van der Waals surface area contributed by atoms with Crippen molar-refractivity contribution in [3.05, 3.63) is 12.0 Å². The third-order valence-electron chi connectivity index (χ3n) is 6.46. The first-order valence-electron chi connectivity index (χ1n) is 8.22. The van der Waals surface area contributed by atoms with Gasteiger partial charge in [-0.15, -0.1) is 0 Å². The minimum absolute atomic E-state index is 0.0485. The van der Waals surface area contributed by atoms with Gasteiger partial charge >= 0.3 is 5.97 Å². The molecule has 2 bridgehead atoms. The second-order valence-electron chi connectivity index (χ2n) is 7.68. The third-order valence-corrected chi connectivity index (χ3v) is 6.46. The molecule has 4 aliphatic rings. The molecule has 3 atom stereocenters. The highest BCUT2D eigenvalue weighted by Gasteiger charge is 2.75. The first kappa shape index (κ1) is 15.9. The third kappa shape index (κ3) is 1.68. The number of aryl methyl sites for hydroxylation is 1. The first-order chi connectivity index (χ1) is 11.3. The van der Waals surface area contributed by atoms with Gasteiger partial charge in [0.25, 0.3) is 0 Å². The highest BCUT2D eigenvalue weighted by Crippen LogP contribution is 2.76. The summed E-state index contributed by atoms with van der Waals surface area (Å²) in [5, 5.41) is 21.6. The van der Waals surface area contributed by atoms with Gasteiger partial charge in [0, 0.05) is 20.1 Å². The van der Waals surface area contributed by atoms with Crippen molar-refractivity contribution in [3.8, 4) is 0 Å². The molecule has 2 heterocycles. The molecule has 2 N–H and O–H groups in total. The Morgan fingerprint density at radius 1 is 1.38 bits per heavy atom. The van der Waals surface area contributed by atoms with Crippen molar-refractivity contribution in [1.82, 2.24) is 14.5 Å². The number of aliphatic hydroxyl groups is 2. The summed E-state index contributed by atoms with van der Waals surface area (Å²) in [5.41, 5.74) is 0.287. The summed E-state index contributed by atoms with van der Waals surface area (Å²) < 4.78 is 6.68. The molecule has 8 heteroatoms. The van der Waals surface area contributed by atoms with Crippen LogP contribution in [0, 0.1) is 10.8 Å². The number of methoxy groups -OCH3 is 1. The number of esters is 1. The molecule has 1 aliphatic heterocycles. The van der Waals surface area contributed by atoms with E-state index in [2.05, 4.69) is 4.98 Å². The van der Waals surface area contributed by atoms with E-state index in [1.165, 1.54) is 7.11 Å². The zero-order valence-corrected chi connectivity index (χ0v) is 14.4. The van der Waals surface area contributed by atoms with E-state index in [9.17, 15) is 15.0 Å². The second kappa shape index (κ2) is 4.71. The Balaban J connectivity index is 1.59. The summed E-state index contributed by atoms with van der Waals surface area (Å²) in [6.07, 6.45) is 2.01. The van der Waals surface area contributed by atoms with Gasteiger partial charge in [0.05, 0.1) is 18.9 Å². The van der Waals surface area contributed by atoms with E-state index in [4.69, 9.17) is 4.74 Å². The maximum absolute atomic E-state index is 11.9. The van der Waals surface area contributed by atoms with Crippen LogP contribution in [0.3, 0.4) is 0 Å². The zero-order valence-electron chi connectivity index (χ0n) is 14.4. The number of anilines is 1. The van der Waals surface area contributed by atoms with E-state index in [-0.39, 0.29) is 22.8 Å². The Morgan fingerprint density at radius 3 is 2.58 bits per heavy atom. The van der Waals surface area contributed by atoms with E-state index < -0.39 is 12.6 Å². The Labute approximate surface area is 140 Å². The summed E-state index contributed by atoms with van der Waals surface area (Å²) >= 11 is 0. The van der Waals surface area contributed by atoms with Crippen LogP contribution in [0.4, 0.5) is 5.82 Å². The summed E-state index contributed by atoms with van der Waals surface area (Å²) in [4.78, 5) is 19.5. The van der Waals surface area contributed by atoms with Crippen molar-refractivity contribution in [1.29, 1.82) is 0 Å². The zero-order chi connectivity index (χ0) is 17.4. The SMILES string of the molecule is COC(=O)C12CC(C(C)N3C(O)c4c(ncn4C)N(C)C3O)(C1)C2. The van der Waals surface area contributed by atoms with Crippen LogP contribution >= 0.6 is 0 Å². The van der Waals surface area contributed by atoms with Gasteiger partial charge in [-0.25, -0.2) is 9.88 Å². The number of hydrogen-bond acceptors (Lipinski definition) is 7. The molecule has 132 valence electrons. The number of hydrogen-bond donors (Lipinski definition) is 2. The fourth-order valence-electron chi connectivity index (χ4n) is 5.04. The van der Waals surface area contributed by atoms with Crippen molar-refractivity contribution >= 4 is 11.8 Å². The number of rotatable bonds is 3. The van der Waals surface area contributed by atoms with Crippen LogP contribution in [0.15, 0.2) is 6.33 Å². The molecule has 3 saturated carbocycles.